The third-order valence-electron chi connectivity index (χ3n) is 4.01. The maximum Gasteiger partial charge on any atom is 1.00 e. The Morgan fingerprint density at radius 1 is 0.481 bits per heavy atom. The molecule has 0 bridgehead atoms. The quantitative estimate of drug-likeness (QED) is 0.286. The molecule has 27 heavy (non-hydrogen) atoms. The van der Waals surface area contributed by atoms with Crippen LogP contribution in [0.5, 0.6) is 0 Å². The molecule has 4 aromatic rings. The Morgan fingerprint density at radius 2 is 0.778 bits per heavy atom. The minimum Gasteiger partial charge on any atom is -1.00 e. The van der Waals surface area contributed by atoms with E-state index in [0.717, 1.165) is 0 Å². The van der Waals surface area contributed by atoms with E-state index in [-0.39, 0.29) is 49.8 Å². The zero-order valence-electron chi connectivity index (χ0n) is 17.1. The zero-order valence-corrected chi connectivity index (χ0v) is 18.1. The fourth-order valence-corrected chi connectivity index (χ4v) is 2.86. The van der Waals surface area contributed by atoms with E-state index in [0.29, 0.717) is 5.92 Å². The molecule has 0 heterocycles. The molecule has 0 aliphatic heterocycles. The van der Waals surface area contributed by atoms with E-state index in [2.05, 4.69) is 97.1 Å². The first kappa shape index (κ1) is 23.5. The van der Waals surface area contributed by atoms with E-state index in [1.807, 2.05) is 30.3 Å². The van der Waals surface area contributed by atoms with Crippen molar-refractivity contribution < 1.29 is 49.8 Å². The second-order valence-electron chi connectivity index (χ2n) is 5.74. The Labute approximate surface area is 198 Å². The van der Waals surface area contributed by atoms with Gasteiger partial charge in [-0.3, -0.25) is 0 Å². The molecule has 0 atom stereocenters. The van der Waals surface area contributed by atoms with Crippen molar-refractivity contribution in [2.45, 2.75) is 5.92 Å². The summed E-state index contributed by atoms with van der Waals surface area (Å²) in [5.41, 5.74) is 4.00. The van der Waals surface area contributed by atoms with Crippen molar-refractivity contribution >= 4 is 0 Å². The fourth-order valence-electron chi connectivity index (χ4n) is 2.86. The van der Waals surface area contributed by atoms with Crippen molar-refractivity contribution in [3.05, 3.63) is 144 Å². The largest absolute Gasteiger partial charge is 1.00 e. The van der Waals surface area contributed by atoms with Gasteiger partial charge < -0.3 is 1.43 Å². The number of hydrogen-bond donors (Lipinski definition) is 0. The van der Waals surface area contributed by atoms with Crippen LogP contribution >= 0.6 is 0 Å². The Morgan fingerprint density at radius 3 is 1.00 bits per heavy atom. The molecule has 0 N–H and O–H groups in total. The predicted octanol–water partition coefficient (Wildman–Crippen LogP) is 0.474. The summed E-state index contributed by atoms with van der Waals surface area (Å²) in [6.45, 7) is 0. The van der Waals surface area contributed by atoms with E-state index in [1.165, 1.54) is 16.7 Å². The maximum absolute atomic E-state index is 2.89. The summed E-state index contributed by atoms with van der Waals surface area (Å²) in [5.74, 6) is 0.309. The Hall–Kier alpha value is -1.52. The molecule has 4 aromatic carbocycles. The molecule has 0 amide bonds. The normalized spacial score (nSPS) is 9.22. The SMILES string of the molecule is [H-].[Li+].[Na+].[c-]1ccccc1.c1ccc(C(c2ccccc2)c2ccccc2)cc1. The Kier molecular flexibility index (Phi) is 11.9. The first-order valence-corrected chi connectivity index (χ1v) is 8.51. The Balaban J connectivity index is 0.000000704. The molecule has 0 saturated heterocycles. The molecule has 0 saturated carbocycles. The molecule has 0 aliphatic carbocycles. The van der Waals surface area contributed by atoms with E-state index < -0.39 is 0 Å². The summed E-state index contributed by atoms with van der Waals surface area (Å²) in [5, 5.41) is 0. The van der Waals surface area contributed by atoms with Gasteiger partial charge in [-0.15, -0.1) is 0 Å². The summed E-state index contributed by atoms with van der Waals surface area (Å²) in [7, 11) is 0. The fraction of sp³-hybridized carbons (Fsp3) is 0.0400. The van der Waals surface area contributed by atoms with Gasteiger partial charge in [0.05, 0.1) is 0 Å². The standard InChI is InChI=1S/C19H16.C6H5.Li.Na.H/c1-4-10-16(11-5-1)19(17-12-6-2-7-13-17)18-14-8-3-9-15-18;1-2-4-6-5-3-1;;;/h1-15,19H;1-5H;;;/q;-1;2*+1;-1. The summed E-state index contributed by atoms with van der Waals surface area (Å²) in [4.78, 5) is 0. The van der Waals surface area contributed by atoms with Crippen LogP contribution in [-0.2, 0) is 0 Å². The van der Waals surface area contributed by atoms with Gasteiger partial charge in [-0.1, -0.05) is 91.0 Å². The van der Waals surface area contributed by atoms with Crippen LogP contribution in [0.25, 0.3) is 0 Å². The van der Waals surface area contributed by atoms with E-state index in [9.17, 15) is 0 Å². The van der Waals surface area contributed by atoms with Crippen LogP contribution in [0.4, 0.5) is 0 Å². The molecule has 0 radical (unpaired) electrons. The third-order valence-corrected chi connectivity index (χ3v) is 4.01. The van der Waals surface area contributed by atoms with Crippen LogP contribution < -0.4 is 48.4 Å². The van der Waals surface area contributed by atoms with Gasteiger partial charge in [0.2, 0.25) is 0 Å². The average molecular weight is 352 g/mol. The maximum atomic E-state index is 2.89. The van der Waals surface area contributed by atoms with E-state index >= 15 is 0 Å². The zero-order chi connectivity index (χ0) is 17.2. The number of hydrogen-bond acceptors (Lipinski definition) is 0. The van der Waals surface area contributed by atoms with Crippen molar-refractivity contribution in [1.82, 2.24) is 0 Å². The van der Waals surface area contributed by atoms with Crippen molar-refractivity contribution in [3.63, 3.8) is 0 Å². The molecule has 0 unspecified atom stereocenters. The smallest absolute Gasteiger partial charge is 1.00 e. The van der Waals surface area contributed by atoms with Crippen molar-refractivity contribution in [2.75, 3.05) is 0 Å². The van der Waals surface area contributed by atoms with Gasteiger partial charge in [-0.25, -0.2) is 0 Å². The van der Waals surface area contributed by atoms with Crippen molar-refractivity contribution in [2.24, 2.45) is 0 Å². The van der Waals surface area contributed by atoms with E-state index in [4.69, 9.17) is 0 Å². The van der Waals surface area contributed by atoms with Crippen molar-refractivity contribution in [1.29, 1.82) is 0 Å². The predicted molar refractivity (Wildman–Crippen MR) is 107 cm³/mol. The molecule has 0 aliphatic rings. The number of rotatable bonds is 3. The van der Waals surface area contributed by atoms with Gasteiger partial charge in [0.15, 0.2) is 0 Å². The molecule has 0 nitrogen and oxygen atoms in total. The average Bonchev–Trinajstić information content (AvgIpc) is 2.72. The first-order valence-electron chi connectivity index (χ1n) is 8.51. The summed E-state index contributed by atoms with van der Waals surface area (Å²) in [6.07, 6.45) is 0. The second-order valence-corrected chi connectivity index (χ2v) is 5.74. The minimum atomic E-state index is 0. The van der Waals surface area contributed by atoms with Gasteiger partial charge in [0, 0.05) is 5.92 Å². The molecule has 124 valence electrons. The minimum absolute atomic E-state index is 0. The molecule has 0 spiro atoms. The van der Waals surface area contributed by atoms with Gasteiger partial charge in [0.1, 0.15) is 0 Å². The monoisotopic (exact) mass is 352 g/mol. The third kappa shape index (κ3) is 7.55. The van der Waals surface area contributed by atoms with Crippen LogP contribution in [0.1, 0.15) is 24.0 Å². The van der Waals surface area contributed by atoms with Gasteiger partial charge in [0.25, 0.3) is 0 Å². The molecular weight excluding hydrogens is 330 g/mol. The molecular formula is C25H22LiNa. The van der Waals surface area contributed by atoms with E-state index in [1.54, 1.807) is 0 Å². The summed E-state index contributed by atoms with van der Waals surface area (Å²) in [6, 6.07) is 44.5. The first-order chi connectivity index (χ1) is 12.4. The van der Waals surface area contributed by atoms with Gasteiger partial charge >= 0.3 is 48.4 Å². The molecule has 2 heteroatoms. The van der Waals surface area contributed by atoms with Gasteiger partial charge in [-0.2, -0.15) is 36.4 Å². The van der Waals surface area contributed by atoms with Crippen LogP contribution in [-0.4, -0.2) is 0 Å². The summed E-state index contributed by atoms with van der Waals surface area (Å²) < 4.78 is 0. The van der Waals surface area contributed by atoms with Crippen molar-refractivity contribution in [3.8, 4) is 0 Å². The van der Waals surface area contributed by atoms with Crippen LogP contribution in [0.2, 0.25) is 0 Å². The number of benzene rings is 4. The molecule has 4 rings (SSSR count). The van der Waals surface area contributed by atoms with Crippen LogP contribution in [0, 0.1) is 6.07 Å². The Bertz CT molecular complexity index is 720. The van der Waals surface area contributed by atoms with Crippen LogP contribution in [0.3, 0.4) is 0 Å². The van der Waals surface area contributed by atoms with Crippen LogP contribution in [0.15, 0.2) is 121 Å². The van der Waals surface area contributed by atoms with Gasteiger partial charge in [-0.05, 0) is 16.7 Å². The summed E-state index contributed by atoms with van der Waals surface area (Å²) >= 11 is 0. The molecule has 0 aromatic heterocycles. The second kappa shape index (κ2) is 13.6. The topological polar surface area (TPSA) is 0 Å². The molecule has 0 fully saturated rings.